The number of methoxy groups -OCH3 is 1. The van der Waals surface area contributed by atoms with E-state index in [9.17, 15) is 4.79 Å². The Labute approximate surface area is 175 Å². The van der Waals surface area contributed by atoms with Gasteiger partial charge in [0.2, 0.25) is 0 Å². The molecule has 1 saturated heterocycles. The fraction of sp³-hybridized carbons (Fsp3) is 0.667. The smallest absolute Gasteiger partial charge is 0.307 e. The third-order valence-electron chi connectivity index (χ3n) is 5.75. The lowest BCUT2D eigenvalue weighted by molar-refractivity contribution is -0.140. The highest BCUT2D eigenvalue weighted by molar-refractivity contribution is 7.19. The summed E-state index contributed by atoms with van der Waals surface area (Å²) in [5, 5.41) is 4.64. The lowest BCUT2D eigenvalue weighted by Crippen LogP contribution is -2.36. The second-order valence-corrected chi connectivity index (χ2v) is 9.32. The summed E-state index contributed by atoms with van der Waals surface area (Å²) in [7, 11) is 1.43. The number of anilines is 1. The number of fused-ring (bicyclic) bond motifs is 3. The Hall–Kier alpha value is -1.77. The lowest BCUT2D eigenvalue weighted by Gasteiger charge is -2.26. The third kappa shape index (κ3) is 4.70. The summed E-state index contributed by atoms with van der Waals surface area (Å²) < 4.78 is 10.3. The second-order valence-electron chi connectivity index (χ2n) is 8.23. The van der Waals surface area contributed by atoms with Crippen LogP contribution in [0.5, 0.6) is 0 Å². The van der Waals surface area contributed by atoms with E-state index in [1.165, 1.54) is 24.0 Å². The fourth-order valence-corrected chi connectivity index (χ4v) is 5.54. The minimum absolute atomic E-state index is 0.0603. The van der Waals surface area contributed by atoms with Crippen LogP contribution in [-0.2, 0) is 33.7 Å². The highest BCUT2D eigenvalue weighted by Crippen LogP contribution is 2.40. The fourth-order valence-electron chi connectivity index (χ4n) is 4.14. The summed E-state index contributed by atoms with van der Waals surface area (Å²) in [5.41, 5.74) is 1.40. The molecule has 0 aromatic carbocycles. The molecule has 2 aliphatic rings. The Morgan fingerprint density at radius 2 is 2.17 bits per heavy atom. The van der Waals surface area contributed by atoms with E-state index in [1.54, 1.807) is 0 Å². The summed E-state index contributed by atoms with van der Waals surface area (Å²) >= 11 is 1.81. The zero-order valence-electron chi connectivity index (χ0n) is 17.5. The van der Waals surface area contributed by atoms with E-state index in [1.807, 2.05) is 18.3 Å². The number of esters is 1. The Balaban J connectivity index is 1.67. The van der Waals surface area contributed by atoms with Crippen LogP contribution in [0.25, 0.3) is 10.2 Å². The number of carbonyl (C=O) groups excluding carboxylic acids is 1. The summed E-state index contributed by atoms with van der Waals surface area (Å²) in [6, 6.07) is -0.0603. The predicted molar refractivity (Wildman–Crippen MR) is 114 cm³/mol. The van der Waals surface area contributed by atoms with Crippen LogP contribution in [0, 0.1) is 5.92 Å². The minimum Gasteiger partial charge on any atom is -0.469 e. The van der Waals surface area contributed by atoms with Crippen LogP contribution in [0.15, 0.2) is 0 Å². The number of nitrogens with zero attached hydrogens (tertiary/aromatic N) is 3. The molecule has 3 heterocycles. The van der Waals surface area contributed by atoms with Crippen molar-refractivity contribution in [3.63, 3.8) is 0 Å². The van der Waals surface area contributed by atoms with Crippen molar-refractivity contribution >= 4 is 33.3 Å². The summed E-state index contributed by atoms with van der Waals surface area (Å²) in [5.74, 6) is 2.19. The van der Waals surface area contributed by atoms with Crippen LogP contribution in [0.2, 0.25) is 0 Å². The maximum atomic E-state index is 11.7. The maximum absolute atomic E-state index is 11.7. The van der Waals surface area contributed by atoms with Gasteiger partial charge in [0.25, 0.3) is 0 Å². The van der Waals surface area contributed by atoms with Gasteiger partial charge < -0.3 is 14.8 Å². The Morgan fingerprint density at radius 3 is 2.93 bits per heavy atom. The highest BCUT2D eigenvalue weighted by atomic mass is 32.1. The van der Waals surface area contributed by atoms with E-state index >= 15 is 0 Å². The molecule has 0 saturated carbocycles. The highest BCUT2D eigenvalue weighted by Gasteiger charge is 2.25. The van der Waals surface area contributed by atoms with Crippen LogP contribution in [0.4, 0.5) is 5.82 Å². The van der Waals surface area contributed by atoms with Gasteiger partial charge in [0.05, 0.1) is 38.7 Å². The first-order chi connectivity index (χ1) is 14.0. The number of rotatable bonds is 6. The molecule has 0 spiro atoms. The van der Waals surface area contributed by atoms with E-state index in [4.69, 9.17) is 19.4 Å². The molecular weight excluding hydrogens is 388 g/mol. The van der Waals surface area contributed by atoms with E-state index < -0.39 is 0 Å². The molecule has 2 unspecified atom stereocenters. The van der Waals surface area contributed by atoms with Crippen molar-refractivity contribution in [2.45, 2.75) is 52.1 Å². The van der Waals surface area contributed by atoms with Gasteiger partial charge in [-0.1, -0.05) is 6.92 Å². The van der Waals surface area contributed by atoms with Crippen molar-refractivity contribution in [2.24, 2.45) is 5.92 Å². The molecule has 29 heavy (non-hydrogen) atoms. The van der Waals surface area contributed by atoms with Gasteiger partial charge in [-0.3, -0.25) is 9.69 Å². The molecular formula is C21H30N4O3S. The van der Waals surface area contributed by atoms with Gasteiger partial charge in [0, 0.05) is 24.0 Å². The average Bonchev–Trinajstić information content (AvgIpc) is 3.06. The number of aromatic nitrogens is 2. The summed E-state index contributed by atoms with van der Waals surface area (Å²) in [6.45, 7) is 8.36. The van der Waals surface area contributed by atoms with Crippen LogP contribution in [0.3, 0.4) is 0 Å². The monoisotopic (exact) mass is 418 g/mol. The molecule has 158 valence electrons. The number of thiophene rings is 1. The molecule has 0 radical (unpaired) electrons. The normalized spacial score (nSPS) is 21.0. The molecule has 1 aliphatic carbocycles. The summed E-state index contributed by atoms with van der Waals surface area (Å²) in [6.07, 6.45) is 3.70. The number of hydrogen-bond acceptors (Lipinski definition) is 8. The zero-order chi connectivity index (χ0) is 20.4. The van der Waals surface area contributed by atoms with Crippen molar-refractivity contribution in [3.05, 3.63) is 16.3 Å². The number of nitrogens with one attached hydrogen (secondary N) is 1. The van der Waals surface area contributed by atoms with Gasteiger partial charge in [-0.05, 0) is 37.7 Å². The first-order valence-corrected chi connectivity index (χ1v) is 11.3. The molecule has 2 aromatic heterocycles. The Bertz CT molecular complexity index is 878. The van der Waals surface area contributed by atoms with Gasteiger partial charge in [-0.15, -0.1) is 11.3 Å². The first-order valence-electron chi connectivity index (χ1n) is 10.5. The van der Waals surface area contributed by atoms with E-state index in [0.29, 0.717) is 12.3 Å². The molecule has 7 nitrogen and oxygen atoms in total. The first kappa shape index (κ1) is 20.5. The minimum atomic E-state index is -0.218. The molecule has 0 bridgehead atoms. The van der Waals surface area contributed by atoms with Gasteiger partial charge in [-0.2, -0.15) is 0 Å². The summed E-state index contributed by atoms with van der Waals surface area (Å²) in [4.78, 5) is 26.4. The van der Waals surface area contributed by atoms with Crippen molar-refractivity contribution in [3.8, 4) is 0 Å². The standard InChI is InChI=1S/C21H30N4O3S/c1-13-4-5-15-16(10-13)29-21-19(15)20(22-14(2)11-18(26)27-3)23-17(24-21)12-25-6-8-28-9-7-25/h13-14H,4-12H2,1-3H3,(H,22,23,24). The van der Waals surface area contributed by atoms with E-state index in [2.05, 4.69) is 17.1 Å². The van der Waals surface area contributed by atoms with Gasteiger partial charge >= 0.3 is 5.97 Å². The number of hydrogen-bond donors (Lipinski definition) is 1. The van der Waals surface area contributed by atoms with Crippen LogP contribution in [-0.4, -0.2) is 60.3 Å². The third-order valence-corrected chi connectivity index (χ3v) is 6.90. The molecule has 1 N–H and O–H groups in total. The quantitative estimate of drug-likeness (QED) is 0.723. The second kappa shape index (κ2) is 8.93. The van der Waals surface area contributed by atoms with Crippen molar-refractivity contribution in [1.82, 2.24) is 14.9 Å². The number of aryl methyl sites for hydroxylation is 1. The van der Waals surface area contributed by atoms with Crippen molar-refractivity contribution < 1.29 is 14.3 Å². The largest absolute Gasteiger partial charge is 0.469 e. The lowest BCUT2D eigenvalue weighted by atomic mass is 9.89. The molecule has 1 aliphatic heterocycles. The molecule has 4 rings (SSSR count). The number of carbonyl (C=O) groups is 1. The van der Waals surface area contributed by atoms with Crippen molar-refractivity contribution in [2.75, 3.05) is 38.7 Å². The zero-order valence-corrected chi connectivity index (χ0v) is 18.3. The van der Waals surface area contributed by atoms with Crippen LogP contribution in [0.1, 0.15) is 43.0 Å². The molecule has 2 atom stereocenters. The van der Waals surface area contributed by atoms with E-state index in [0.717, 1.165) is 67.5 Å². The number of morpholine rings is 1. The molecule has 0 amide bonds. The molecule has 1 fully saturated rings. The Kier molecular flexibility index (Phi) is 6.32. The van der Waals surface area contributed by atoms with Crippen LogP contribution < -0.4 is 5.32 Å². The topological polar surface area (TPSA) is 76.6 Å². The van der Waals surface area contributed by atoms with Crippen LogP contribution >= 0.6 is 11.3 Å². The maximum Gasteiger partial charge on any atom is 0.307 e. The van der Waals surface area contributed by atoms with E-state index in [-0.39, 0.29) is 12.0 Å². The van der Waals surface area contributed by atoms with Gasteiger partial charge in [0.1, 0.15) is 16.5 Å². The van der Waals surface area contributed by atoms with Gasteiger partial charge in [0.15, 0.2) is 0 Å². The Morgan fingerprint density at radius 1 is 1.38 bits per heavy atom. The predicted octanol–water partition coefficient (Wildman–Crippen LogP) is 3.01. The molecule has 2 aromatic rings. The molecule has 8 heteroatoms. The number of ether oxygens (including phenoxy) is 2. The average molecular weight is 419 g/mol. The van der Waals surface area contributed by atoms with Crippen molar-refractivity contribution in [1.29, 1.82) is 0 Å². The SMILES string of the molecule is COC(=O)CC(C)Nc1nc(CN2CCOCC2)nc2sc3c(c12)CCC(C)C3. The van der Waals surface area contributed by atoms with Gasteiger partial charge in [-0.25, -0.2) is 9.97 Å².